The molecular formula is C9H9NO3. The highest BCUT2D eigenvalue weighted by Gasteiger charge is 2.25. The van der Waals surface area contributed by atoms with E-state index < -0.39 is 6.09 Å². The van der Waals surface area contributed by atoms with Gasteiger partial charge in [0.2, 0.25) is 0 Å². The average molecular weight is 179 g/mol. The fraction of sp³-hybridized carbons (Fsp3) is 0.222. The van der Waals surface area contributed by atoms with Crippen LogP contribution in [-0.4, -0.2) is 17.8 Å². The number of benzene rings is 1. The van der Waals surface area contributed by atoms with Crippen LogP contribution in [0.2, 0.25) is 0 Å². The van der Waals surface area contributed by atoms with E-state index in [0.717, 1.165) is 0 Å². The summed E-state index contributed by atoms with van der Waals surface area (Å²) in [4.78, 5) is 10.7. The van der Waals surface area contributed by atoms with E-state index in [1.54, 1.807) is 24.3 Å². The van der Waals surface area contributed by atoms with Gasteiger partial charge in [-0.3, -0.25) is 0 Å². The number of amides is 1. The second-order valence-electron chi connectivity index (χ2n) is 2.85. The molecule has 0 aliphatic carbocycles. The van der Waals surface area contributed by atoms with Crippen LogP contribution in [0.15, 0.2) is 24.3 Å². The van der Waals surface area contributed by atoms with E-state index in [9.17, 15) is 9.90 Å². The van der Waals surface area contributed by atoms with Crippen molar-refractivity contribution in [1.29, 1.82) is 0 Å². The first-order chi connectivity index (χ1) is 6.27. The fourth-order valence-corrected chi connectivity index (χ4v) is 1.33. The van der Waals surface area contributed by atoms with Crippen molar-refractivity contribution in [1.82, 2.24) is 5.32 Å². The summed E-state index contributed by atoms with van der Waals surface area (Å²) in [5.41, 5.74) is 0.688. The Morgan fingerprint density at radius 3 is 2.85 bits per heavy atom. The quantitative estimate of drug-likeness (QED) is 0.680. The molecule has 1 atom stereocenters. The summed E-state index contributed by atoms with van der Waals surface area (Å²) in [5, 5.41) is 12.0. The highest BCUT2D eigenvalue weighted by atomic mass is 16.6. The van der Waals surface area contributed by atoms with Crippen molar-refractivity contribution in [3.05, 3.63) is 29.8 Å². The lowest BCUT2D eigenvalue weighted by Gasteiger charge is -2.08. The number of ether oxygens (including phenoxy) is 1. The van der Waals surface area contributed by atoms with Crippen molar-refractivity contribution in [3.8, 4) is 5.75 Å². The monoisotopic (exact) mass is 179 g/mol. The third kappa shape index (κ3) is 1.42. The normalized spacial score (nSPS) is 20.9. The minimum Gasteiger partial charge on any atom is -0.508 e. The summed E-state index contributed by atoms with van der Waals surface area (Å²) < 4.78 is 4.71. The number of nitrogens with one attached hydrogen (secondary N) is 1. The molecule has 0 saturated carbocycles. The Morgan fingerprint density at radius 2 is 2.23 bits per heavy atom. The van der Waals surface area contributed by atoms with Crippen LogP contribution in [-0.2, 0) is 4.74 Å². The maximum atomic E-state index is 10.7. The fourth-order valence-electron chi connectivity index (χ4n) is 1.33. The number of phenols is 1. The zero-order valence-electron chi connectivity index (χ0n) is 6.86. The van der Waals surface area contributed by atoms with E-state index in [4.69, 9.17) is 4.74 Å². The molecule has 0 radical (unpaired) electrons. The van der Waals surface area contributed by atoms with Crippen molar-refractivity contribution >= 4 is 6.09 Å². The van der Waals surface area contributed by atoms with Gasteiger partial charge in [-0.25, -0.2) is 4.79 Å². The van der Waals surface area contributed by atoms with Crippen molar-refractivity contribution < 1.29 is 14.6 Å². The van der Waals surface area contributed by atoms with E-state index in [-0.39, 0.29) is 18.4 Å². The summed E-state index contributed by atoms with van der Waals surface area (Å²) in [7, 11) is 0. The lowest BCUT2D eigenvalue weighted by atomic mass is 10.1. The molecule has 1 aliphatic heterocycles. The van der Waals surface area contributed by atoms with E-state index in [1.807, 2.05) is 0 Å². The molecule has 13 heavy (non-hydrogen) atoms. The number of hydrogen-bond donors (Lipinski definition) is 2. The molecule has 4 heteroatoms. The van der Waals surface area contributed by atoms with Crippen molar-refractivity contribution in [2.24, 2.45) is 0 Å². The first kappa shape index (κ1) is 7.91. The predicted molar refractivity (Wildman–Crippen MR) is 45.3 cm³/mol. The van der Waals surface area contributed by atoms with Gasteiger partial charge >= 0.3 is 6.09 Å². The summed E-state index contributed by atoms with van der Waals surface area (Å²) in [6.07, 6.45) is -0.437. The van der Waals surface area contributed by atoms with Gasteiger partial charge in [0.1, 0.15) is 12.4 Å². The van der Waals surface area contributed by atoms with E-state index in [0.29, 0.717) is 5.56 Å². The molecule has 68 valence electrons. The molecule has 1 heterocycles. The second-order valence-corrected chi connectivity index (χ2v) is 2.85. The minimum atomic E-state index is -0.437. The smallest absolute Gasteiger partial charge is 0.407 e. The van der Waals surface area contributed by atoms with Crippen LogP contribution in [0.3, 0.4) is 0 Å². The standard InChI is InChI=1S/C9H9NO3/c11-8-4-2-1-3-6(8)7-5-13-9(12)10-7/h1-4,7,11H,5H2,(H,10,12)/t7-/m0/s1. The predicted octanol–water partition coefficient (Wildman–Crippen LogP) is 1.17. The van der Waals surface area contributed by atoms with Crippen LogP contribution in [0.4, 0.5) is 4.79 Å². The maximum Gasteiger partial charge on any atom is 0.407 e. The van der Waals surface area contributed by atoms with E-state index >= 15 is 0 Å². The van der Waals surface area contributed by atoms with Gasteiger partial charge in [-0.2, -0.15) is 0 Å². The first-order valence-electron chi connectivity index (χ1n) is 3.98. The maximum absolute atomic E-state index is 10.7. The second kappa shape index (κ2) is 2.97. The Morgan fingerprint density at radius 1 is 1.46 bits per heavy atom. The molecule has 1 saturated heterocycles. The van der Waals surface area contributed by atoms with Crippen LogP contribution in [0, 0.1) is 0 Å². The molecule has 2 rings (SSSR count). The van der Waals surface area contributed by atoms with Gasteiger partial charge < -0.3 is 15.2 Å². The molecule has 1 aromatic rings. The Balaban J connectivity index is 2.26. The molecule has 0 spiro atoms. The number of para-hydroxylation sites is 1. The Labute approximate surface area is 75.1 Å². The molecule has 0 bridgehead atoms. The lowest BCUT2D eigenvalue weighted by Crippen LogP contribution is -2.18. The van der Waals surface area contributed by atoms with Gasteiger partial charge in [0.25, 0.3) is 0 Å². The van der Waals surface area contributed by atoms with Gasteiger partial charge in [-0.05, 0) is 6.07 Å². The summed E-state index contributed by atoms with van der Waals surface area (Å²) in [6, 6.07) is 6.65. The van der Waals surface area contributed by atoms with E-state index in [2.05, 4.69) is 5.32 Å². The molecular weight excluding hydrogens is 170 g/mol. The number of rotatable bonds is 1. The Kier molecular flexibility index (Phi) is 1.81. The van der Waals surface area contributed by atoms with Gasteiger partial charge in [0, 0.05) is 5.56 Å². The number of aromatic hydroxyl groups is 1. The third-order valence-corrected chi connectivity index (χ3v) is 1.99. The average Bonchev–Trinajstić information content (AvgIpc) is 2.53. The zero-order valence-corrected chi connectivity index (χ0v) is 6.86. The number of hydrogen-bond acceptors (Lipinski definition) is 3. The molecule has 2 N–H and O–H groups in total. The van der Waals surface area contributed by atoms with Crippen LogP contribution in [0.1, 0.15) is 11.6 Å². The van der Waals surface area contributed by atoms with Crippen LogP contribution in [0.5, 0.6) is 5.75 Å². The van der Waals surface area contributed by atoms with Crippen molar-refractivity contribution in [2.75, 3.05) is 6.61 Å². The SMILES string of the molecule is O=C1N[C@H](c2ccccc2O)CO1. The van der Waals surface area contributed by atoms with Crippen LogP contribution >= 0.6 is 0 Å². The largest absolute Gasteiger partial charge is 0.508 e. The highest BCUT2D eigenvalue weighted by molar-refractivity contribution is 5.70. The first-order valence-corrected chi connectivity index (χ1v) is 3.98. The number of carbonyl (C=O) groups excluding carboxylic acids is 1. The lowest BCUT2D eigenvalue weighted by molar-refractivity contribution is 0.177. The van der Waals surface area contributed by atoms with Gasteiger partial charge in [0.05, 0.1) is 6.04 Å². The van der Waals surface area contributed by atoms with Gasteiger partial charge in [-0.15, -0.1) is 0 Å². The number of cyclic esters (lactones) is 1. The number of alkyl carbamates (subject to hydrolysis) is 1. The molecule has 1 fully saturated rings. The molecule has 1 aromatic carbocycles. The third-order valence-electron chi connectivity index (χ3n) is 1.99. The summed E-state index contributed by atoms with van der Waals surface area (Å²) in [6.45, 7) is 0.274. The molecule has 4 nitrogen and oxygen atoms in total. The molecule has 1 amide bonds. The van der Waals surface area contributed by atoms with Crippen molar-refractivity contribution in [3.63, 3.8) is 0 Å². The zero-order chi connectivity index (χ0) is 9.26. The molecule has 1 aliphatic rings. The van der Waals surface area contributed by atoms with Crippen LogP contribution < -0.4 is 5.32 Å². The van der Waals surface area contributed by atoms with Crippen LogP contribution in [0.25, 0.3) is 0 Å². The molecule has 0 aromatic heterocycles. The van der Waals surface area contributed by atoms with Gasteiger partial charge in [0.15, 0.2) is 0 Å². The number of carbonyl (C=O) groups is 1. The summed E-state index contributed by atoms with van der Waals surface area (Å²) in [5.74, 6) is 0.179. The molecule has 0 unspecified atom stereocenters. The topological polar surface area (TPSA) is 58.6 Å². The van der Waals surface area contributed by atoms with Crippen molar-refractivity contribution in [2.45, 2.75) is 6.04 Å². The van der Waals surface area contributed by atoms with Gasteiger partial charge in [-0.1, -0.05) is 18.2 Å². The van der Waals surface area contributed by atoms with E-state index in [1.165, 1.54) is 0 Å². The summed E-state index contributed by atoms with van der Waals surface area (Å²) >= 11 is 0. The highest BCUT2D eigenvalue weighted by Crippen LogP contribution is 2.25. The number of phenolic OH excluding ortho intramolecular Hbond substituents is 1. The Hall–Kier alpha value is -1.71. The Bertz CT molecular complexity index is 337. The minimum absolute atomic E-state index is 0.179.